The van der Waals surface area contributed by atoms with Crippen LogP contribution in [0.4, 0.5) is 13.2 Å². The predicted molar refractivity (Wildman–Crippen MR) is 37.8 cm³/mol. The van der Waals surface area contributed by atoms with Gasteiger partial charge in [-0.25, -0.2) is 0 Å². The lowest BCUT2D eigenvalue weighted by Crippen LogP contribution is -2.01. The van der Waals surface area contributed by atoms with Crippen molar-refractivity contribution in [2.24, 2.45) is 5.73 Å². The minimum Gasteiger partial charge on any atom is -0.402 e. The Morgan fingerprint density at radius 2 is 1.73 bits per heavy atom. The van der Waals surface area contributed by atoms with E-state index in [2.05, 4.69) is 0 Å². The van der Waals surface area contributed by atoms with Gasteiger partial charge in [-0.3, -0.25) is 0 Å². The Kier molecular flexibility index (Phi) is 3.17. The molecule has 0 aliphatic rings. The molecule has 0 fully saturated rings. The van der Waals surface area contributed by atoms with Crippen molar-refractivity contribution >= 4 is 0 Å². The van der Waals surface area contributed by atoms with Crippen LogP contribution in [-0.2, 0) is 0 Å². The molecule has 0 amide bonds. The largest absolute Gasteiger partial charge is 0.409 e. The maximum atomic E-state index is 11.5. The Hall–Kier alpha value is -0.930. The lowest BCUT2D eigenvalue weighted by Gasteiger charge is -1.98. The summed E-state index contributed by atoms with van der Waals surface area (Å²) < 4.78 is 34.6. The van der Waals surface area contributed by atoms with Gasteiger partial charge >= 0.3 is 6.18 Å². The summed E-state index contributed by atoms with van der Waals surface area (Å²) in [5.41, 5.74) is 6.05. The molecule has 0 radical (unpaired) electrons. The summed E-state index contributed by atoms with van der Waals surface area (Å²) >= 11 is 0. The highest BCUT2D eigenvalue weighted by Gasteiger charge is 2.21. The maximum Gasteiger partial charge on any atom is 0.409 e. The fourth-order valence-corrected chi connectivity index (χ4v) is 0.351. The summed E-state index contributed by atoms with van der Waals surface area (Å²) in [6.07, 6.45) is -3.13. The molecular weight excluding hydrogens is 155 g/mol. The van der Waals surface area contributed by atoms with Gasteiger partial charge in [0.2, 0.25) is 0 Å². The zero-order valence-electron chi connectivity index (χ0n) is 6.37. The van der Waals surface area contributed by atoms with Crippen molar-refractivity contribution < 1.29 is 13.2 Å². The maximum absolute atomic E-state index is 11.5. The number of hydrogen-bond donors (Lipinski definition) is 1. The van der Waals surface area contributed by atoms with E-state index in [1.807, 2.05) is 0 Å². The van der Waals surface area contributed by atoms with Crippen LogP contribution in [0.5, 0.6) is 0 Å². The highest BCUT2D eigenvalue weighted by atomic mass is 19.4. The zero-order chi connectivity index (χ0) is 9.07. The molecule has 4 heteroatoms. The van der Waals surface area contributed by atoms with Crippen LogP contribution in [0.3, 0.4) is 0 Å². The van der Waals surface area contributed by atoms with Crippen molar-refractivity contribution in [2.45, 2.75) is 20.0 Å². The molecule has 1 nitrogen and oxygen atoms in total. The van der Waals surface area contributed by atoms with Crippen LogP contribution in [0.1, 0.15) is 13.8 Å². The Morgan fingerprint density at radius 1 is 1.27 bits per heavy atom. The molecule has 0 spiro atoms. The van der Waals surface area contributed by atoms with Crippen molar-refractivity contribution in [3.05, 3.63) is 23.4 Å². The smallest absolute Gasteiger partial charge is 0.402 e. The molecule has 0 aliphatic heterocycles. The topological polar surface area (TPSA) is 26.0 Å². The fourth-order valence-electron chi connectivity index (χ4n) is 0.351. The van der Waals surface area contributed by atoms with Gasteiger partial charge in [-0.15, -0.1) is 0 Å². The van der Waals surface area contributed by atoms with Crippen LogP contribution >= 0.6 is 0 Å². The molecular formula is C7H10F3N. The first-order chi connectivity index (χ1) is 4.83. The Bertz CT molecular complexity index is 184. The van der Waals surface area contributed by atoms with Crippen LogP contribution in [0, 0.1) is 0 Å². The van der Waals surface area contributed by atoms with Crippen LogP contribution in [-0.4, -0.2) is 6.18 Å². The number of halogens is 3. The summed E-state index contributed by atoms with van der Waals surface area (Å²) in [6, 6.07) is 0. The number of hydrogen-bond acceptors (Lipinski definition) is 1. The third-order valence-corrected chi connectivity index (χ3v) is 1.14. The van der Waals surface area contributed by atoms with E-state index in [4.69, 9.17) is 5.73 Å². The second-order valence-corrected chi connectivity index (χ2v) is 2.24. The van der Waals surface area contributed by atoms with Gasteiger partial charge in [0.1, 0.15) is 0 Å². The van der Waals surface area contributed by atoms with E-state index in [0.717, 1.165) is 6.08 Å². The van der Waals surface area contributed by atoms with E-state index in [1.165, 1.54) is 6.92 Å². The molecule has 0 aromatic heterocycles. The van der Waals surface area contributed by atoms with Gasteiger partial charge in [-0.1, -0.05) is 6.08 Å². The van der Waals surface area contributed by atoms with E-state index >= 15 is 0 Å². The molecule has 11 heavy (non-hydrogen) atoms. The lowest BCUT2D eigenvalue weighted by molar-refractivity contribution is -0.0798. The molecule has 0 bridgehead atoms. The molecule has 0 aliphatic carbocycles. The normalized spacial score (nSPS) is 15.4. The first kappa shape index (κ1) is 10.1. The van der Waals surface area contributed by atoms with E-state index < -0.39 is 6.18 Å². The molecule has 0 rings (SSSR count). The Labute approximate surface area is 63.4 Å². The van der Waals surface area contributed by atoms with Crippen molar-refractivity contribution in [3.63, 3.8) is 0 Å². The monoisotopic (exact) mass is 165 g/mol. The predicted octanol–water partition coefficient (Wildman–Crippen LogP) is 2.36. The van der Waals surface area contributed by atoms with Crippen LogP contribution < -0.4 is 5.73 Å². The minimum absolute atomic E-state index is 0.165. The van der Waals surface area contributed by atoms with Crippen molar-refractivity contribution in [1.82, 2.24) is 0 Å². The molecule has 0 saturated carbocycles. The highest BCUT2D eigenvalue weighted by molar-refractivity contribution is 5.21. The summed E-state index contributed by atoms with van der Waals surface area (Å²) in [6.45, 7) is 3.08. The van der Waals surface area contributed by atoms with Crippen molar-refractivity contribution in [1.29, 1.82) is 0 Å². The first-order valence-corrected chi connectivity index (χ1v) is 3.02. The van der Waals surface area contributed by atoms with E-state index in [1.54, 1.807) is 6.92 Å². The van der Waals surface area contributed by atoms with Gasteiger partial charge in [0.25, 0.3) is 0 Å². The summed E-state index contributed by atoms with van der Waals surface area (Å²) in [5, 5.41) is 0. The SMILES string of the molecule is C/C(N)=C(C)/C=C/C(F)(F)F. The van der Waals surface area contributed by atoms with Gasteiger partial charge < -0.3 is 5.73 Å². The highest BCUT2D eigenvalue weighted by Crippen LogP contribution is 2.17. The van der Waals surface area contributed by atoms with Gasteiger partial charge in [0, 0.05) is 11.8 Å². The molecule has 2 N–H and O–H groups in total. The molecule has 0 unspecified atom stereocenters. The van der Waals surface area contributed by atoms with Crippen molar-refractivity contribution in [3.8, 4) is 0 Å². The fraction of sp³-hybridized carbons (Fsp3) is 0.429. The quantitative estimate of drug-likeness (QED) is 0.593. The van der Waals surface area contributed by atoms with Crippen LogP contribution in [0.2, 0.25) is 0 Å². The average molecular weight is 165 g/mol. The summed E-state index contributed by atoms with van der Waals surface area (Å²) in [4.78, 5) is 0. The third kappa shape index (κ3) is 5.51. The molecule has 64 valence electrons. The van der Waals surface area contributed by atoms with E-state index in [0.29, 0.717) is 11.3 Å². The lowest BCUT2D eigenvalue weighted by atomic mass is 10.2. The van der Waals surface area contributed by atoms with Crippen LogP contribution in [0.15, 0.2) is 23.4 Å². The molecule has 0 aromatic rings. The summed E-state index contributed by atoms with van der Waals surface area (Å²) in [5.74, 6) is 0. The van der Waals surface area contributed by atoms with Gasteiger partial charge in [0.05, 0.1) is 0 Å². The van der Waals surface area contributed by atoms with Gasteiger partial charge in [-0.05, 0) is 19.4 Å². The third-order valence-electron chi connectivity index (χ3n) is 1.14. The second-order valence-electron chi connectivity index (χ2n) is 2.24. The average Bonchev–Trinajstić information content (AvgIpc) is 1.80. The Morgan fingerprint density at radius 3 is 2.00 bits per heavy atom. The van der Waals surface area contributed by atoms with Gasteiger partial charge in [-0.2, -0.15) is 13.2 Å². The summed E-state index contributed by atoms with van der Waals surface area (Å²) in [7, 11) is 0. The number of alkyl halides is 3. The zero-order valence-corrected chi connectivity index (χ0v) is 6.37. The molecule has 0 atom stereocenters. The van der Waals surface area contributed by atoms with E-state index in [-0.39, 0.29) is 6.08 Å². The van der Waals surface area contributed by atoms with Gasteiger partial charge in [0.15, 0.2) is 0 Å². The van der Waals surface area contributed by atoms with Crippen molar-refractivity contribution in [2.75, 3.05) is 0 Å². The first-order valence-electron chi connectivity index (χ1n) is 3.02. The number of rotatable bonds is 1. The number of nitrogens with two attached hydrogens (primary N) is 1. The molecule has 0 saturated heterocycles. The molecule has 0 aromatic carbocycles. The molecule has 0 heterocycles. The van der Waals surface area contributed by atoms with E-state index in [9.17, 15) is 13.2 Å². The standard InChI is InChI=1S/C7H10F3N/c1-5(6(2)11)3-4-7(8,9)10/h3-4H,11H2,1-2H3/b4-3+,6-5-. The Balaban J connectivity index is 4.27. The van der Waals surface area contributed by atoms with Crippen LogP contribution in [0.25, 0.3) is 0 Å². The minimum atomic E-state index is -4.25. The number of allylic oxidation sites excluding steroid dienone is 4. The second kappa shape index (κ2) is 3.46.